The quantitative estimate of drug-likeness (QED) is 0.738. The summed E-state index contributed by atoms with van der Waals surface area (Å²) >= 11 is 0. The normalized spacial score (nSPS) is 25.8. The van der Waals surface area contributed by atoms with Crippen molar-refractivity contribution < 1.29 is 0 Å². The average Bonchev–Trinajstić information content (AvgIpc) is 2.77. The summed E-state index contributed by atoms with van der Waals surface area (Å²) in [6, 6.07) is 4.50. The molecule has 16 heavy (non-hydrogen) atoms. The van der Waals surface area contributed by atoms with Gasteiger partial charge in [0.05, 0.1) is 0 Å². The van der Waals surface area contributed by atoms with Crippen LogP contribution in [-0.4, -0.2) is 47.3 Å². The molecule has 5 nitrogen and oxygen atoms in total. The van der Waals surface area contributed by atoms with Crippen LogP contribution in [0.5, 0.6) is 0 Å². The Hall–Kier alpha value is -1.36. The Labute approximate surface area is 95.2 Å². The summed E-state index contributed by atoms with van der Waals surface area (Å²) in [5.41, 5.74) is 5.54. The van der Waals surface area contributed by atoms with Gasteiger partial charge < -0.3 is 10.6 Å². The van der Waals surface area contributed by atoms with E-state index in [2.05, 4.69) is 20.0 Å². The molecule has 3 heterocycles. The van der Waals surface area contributed by atoms with Crippen LogP contribution in [0.25, 0.3) is 0 Å². The molecule has 0 radical (unpaired) electrons. The summed E-state index contributed by atoms with van der Waals surface area (Å²) in [6.07, 6.45) is 2.66. The molecule has 0 saturated carbocycles. The Morgan fingerprint density at radius 3 is 2.94 bits per heavy atom. The number of nitrogens with two attached hydrogens (primary N) is 1. The van der Waals surface area contributed by atoms with Crippen LogP contribution >= 0.6 is 0 Å². The maximum absolute atomic E-state index is 5.54. The molecule has 2 aliphatic rings. The van der Waals surface area contributed by atoms with Gasteiger partial charge in [-0.1, -0.05) is 0 Å². The summed E-state index contributed by atoms with van der Waals surface area (Å²) < 4.78 is 0. The van der Waals surface area contributed by atoms with Crippen LogP contribution in [0.2, 0.25) is 0 Å². The maximum Gasteiger partial charge on any atom is 0.151 e. The zero-order valence-electron chi connectivity index (χ0n) is 9.34. The zero-order valence-corrected chi connectivity index (χ0v) is 9.34. The Morgan fingerprint density at radius 1 is 1.19 bits per heavy atom. The molecule has 86 valence electrons. The second-order valence-electron chi connectivity index (χ2n) is 4.59. The van der Waals surface area contributed by atoms with Crippen LogP contribution in [0.1, 0.15) is 12.8 Å². The first-order valence-corrected chi connectivity index (χ1v) is 5.91. The molecule has 2 fully saturated rings. The number of nitrogen functional groups attached to an aromatic ring is 1. The lowest BCUT2D eigenvalue weighted by Crippen LogP contribution is -2.50. The molecule has 1 unspecified atom stereocenters. The molecule has 0 aromatic carbocycles. The first-order valence-electron chi connectivity index (χ1n) is 5.91. The molecule has 1 atom stereocenters. The van der Waals surface area contributed by atoms with Crippen LogP contribution < -0.4 is 10.6 Å². The standard InChI is InChI=1S/C11H17N5/c12-10-3-4-11(14-13-10)16-7-6-15-5-1-2-9(15)8-16/h3-4,9H,1-2,5-8H2,(H2,12,13). The van der Waals surface area contributed by atoms with Gasteiger partial charge in [-0.25, -0.2) is 0 Å². The molecule has 5 heteroatoms. The molecule has 2 N–H and O–H groups in total. The minimum absolute atomic E-state index is 0.489. The number of hydrogen-bond acceptors (Lipinski definition) is 5. The topological polar surface area (TPSA) is 58.3 Å². The average molecular weight is 219 g/mol. The number of anilines is 2. The van der Waals surface area contributed by atoms with Crippen molar-refractivity contribution in [3.63, 3.8) is 0 Å². The van der Waals surface area contributed by atoms with E-state index in [0.717, 1.165) is 25.5 Å². The first-order chi connectivity index (χ1) is 7.83. The summed E-state index contributed by atoms with van der Waals surface area (Å²) in [5, 5.41) is 8.06. The van der Waals surface area contributed by atoms with Gasteiger partial charge in [-0.15, -0.1) is 10.2 Å². The van der Waals surface area contributed by atoms with Crippen LogP contribution in [0.4, 0.5) is 11.6 Å². The molecule has 2 saturated heterocycles. The van der Waals surface area contributed by atoms with Crippen molar-refractivity contribution in [2.24, 2.45) is 0 Å². The summed E-state index contributed by atoms with van der Waals surface area (Å²) in [6.45, 7) is 4.55. The highest BCUT2D eigenvalue weighted by molar-refractivity contribution is 5.42. The minimum atomic E-state index is 0.489. The van der Waals surface area contributed by atoms with E-state index in [4.69, 9.17) is 5.73 Å². The third kappa shape index (κ3) is 1.71. The lowest BCUT2D eigenvalue weighted by atomic mass is 10.1. The molecule has 2 aliphatic heterocycles. The Bertz CT molecular complexity index is 363. The number of piperazine rings is 1. The minimum Gasteiger partial charge on any atom is -0.382 e. The lowest BCUT2D eigenvalue weighted by molar-refractivity contribution is 0.230. The van der Waals surface area contributed by atoms with Gasteiger partial charge in [0.2, 0.25) is 0 Å². The molecular weight excluding hydrogens is 202 g/mol. The third-order valence-electron chi connectivity index (χ3n) is 3.58. The second-order valence-corrected chi connectivity index (χ2v) is 4.59. The number of fused-ring (bicyclic) bond motifs is 1. The van der Waals surface area contributed by atoms with Crippen LogP contribution in [0.15, 0.2) is 12.1 Å². The molecular formula is C11H17N5. The van der Waals surface area contributed by atoms with Gasteiger partial charge in [0.25, 0.3) is 0 Å². The zero-order chi connectivity index (χ0) is 11.0. The fraction of sp³-hybridized carbons (Fsp3) is 0.636. The van der Waals surface area contributed by atoms with E-state index in [-0.39, 0.29) is 0 Å². The monoisotopic (exact) mass is 219 g/mol. The van der Waals surface area contributed by atoms with Crippen molar-refractivity contribution in [1.29, 1.82) is 0 Å². The van der Waals surface area contributed by atoms with Gasteiger partial charge in [0.1, 0.15) is 5.82 Å². The molecule has 1 aromatic heterocycles. The van der Waals surface area contributed by atoms with Crippen LogP contribution in [0.3, 0.4) is 0 Å². The van der Waals surface area contributed by atoms with Gasteiger partial charge in [0, 0.05) is 25.7 Å². The van der Waals surface area contributed by atoms with Crippen molar-refractivity contribution in [3.05, 3.63) is 12.1 Å². The number of nitrogens with zero attached hydrogens (tertiary/aromatic N) is 4. The predicted molar refractivity (Wildman–Crippen MR) is 63.3 cm³/mol. The summed E-state index contributed by atoms with van der Waals surface area (Å²) in [5.74, 6) is 1.45. The van der Waals surface area contributed by atoms with Gasteiger partial charge in [-0.3, -0.25) is 4.90 Å². The van der Waals surface area contributed by atoms with Crippen molar-refractivity contribution in [3.8, 4) is 0 Å². The predicted octanol–water partition coefficient (Wildman–Crippen LogP) is 0.343. The van der Waals surface area contributed by atoms with Crippen LogP contribution in [0, 0.1) is 0 Å². The fourth-order valence-electron chi connectivity index (χ4n) is 2.70. The maximum atomic E-state index is 5.54. The molecule has 0 amide bonds. The second kappa shape index (κ2) is 3.90. The van der Waals surface area contributed by atoms with Crippen molar-refractivity contribution in [2.45, 2.75) is 18.9 Å². The molecule has 3 rings (SSSR count). The number of rotatable bonds is 1. The smallest absolute Gasteiger partial charge is 0.151 e. The molecule has 0 spiro atoms. The molecule has 0 aliphatic carbocycles. The van der Waals surface area contributed by atoms with Crippen molar-refractivity contribution in [2.75, 3.05) is 36.8 Å². The van der Waals surface area contributed by atoms with E-state index < -0.39 is 0 Å². The highest BCUT2D eigenvalue weighted by Crippen LogP contribution is 2.24. The van der Waals surface area contributed by atoms with Gasteiger partial charge >= 0.3 is 0 Å². The van der Waals surface area contributed by atoms with Crippen molar-refractivity contribution >= 4 is 11.6 Å². The van der Waals surface area contributed by atoms with E-state index in [9.17, 15) is 0 Å². The Balaban J connectivity index is 1.74. The molecule has 1 aromatic rings. The van der Waals surface area contributed by atoms with Crippen LogP contribution in [-0.2, 0) is 0 Å². The highest BCUT2D eigenvalue weighted by atomic mass is 15.3. The largest absolute Gasteiger partial charge is 0.382 e. The van der Waals surface area contributed by atoms with E-state index in [1.807, 2.05) is 12.1 Å². The number of aromatic nitrogens is 2. The SMILES string of the molecule is Nc1ccc(N2CCN3CCCC3C2)nn1. The lowest BCUT2D eigenvalue weighted by Gasteiger charge is -2.37. The Kier molecular flexibility index (Phi) is 2.40. The number of hydrogen-bond donors (Lipinski definition) is 1. The molecule has 0 bridgehead atoms. The van der Waals surface area contributed by atoms with E-state index in [1.165, 1.54) is 19.4 Å². The van der Waals surface area contributed by atoms with E-state index >= 15 is 0 Å². The fourth-order valence-corrected chi connectivity index (χ4v) is 2.70. The van der Waals surface area contributed by atoms with Gasteiger partial charge in [-0.05, 0) is 31.5 Å². The van der Waals surface area contributed by atoms with Gasteiger partial charge in [-0.2, -0.15) is 0 Å². The highest BCUT2D eigenvalue weighted by Gasteiger charge is 2.30. The van der Waals surface area contributed by atoms with E-state index in [0.29, 0.717) is 11.9 Å². The van der Waals surface area contributed by atoms with Crippen molar-refractivity contribution in [1.82, 2.24) is 15.1 Å². The van der Waals surface area contributed by atoms with Gasteiger partial charge in [0.15, 0.2) is 5.82 Å². The summed E-state index contributed by atoms with van der Waals surface area (Å²) in [4.78, 5) is 4.90. The summed E-state index contributed by atoms with van der Waals surface area (Å²) in [7, 11) is 0. The third-order valence-corrected chi connectivity index (χ3v) is 3.58. The van der Waals surface area contributed by atoms with E-state index in [1.54, 1.807) is 0 Å². The first kappa shape index (κ1) is 9.84. The Morgan fingerprint density at radius 2 is 2.12 bits per heavy atom.